The highest BCUT2D eigenvalue weighted by Gasteiger charge is 2.27. The van der Waals surface area contributed by atoms with Gasteiger partial charge in [-0.25, -0.2) is 4.79 Å². The molecule has 0 spiro atoms. The van der Waals surface area contributed by atoms with Gasteiger partial charge in [-0.15, -0.1) is 0 Å². The molecule has 0 heterocycles. The van der Waals surface area contributed by atoms with Gasteiger partial charge in [-0.3, -0.25) is 4.79 Å². The normalized spacial score (nSPS) is 12.5. The molecule has 0 aliphatic carbocycles. The van der Waals surface area contributed by atoms with Crippen LogP contribution in [-0.2, 0) is 11.2 Å². The van der Waals surface area contributed by atoms with Crippen LogP contribution in [0.5, 0.6) is 0 Å². The Kier molecular flexibility index (Phi) is 6.21. The van der Waals surface area contributed by atoms with Gasteiger partial charge in [0.15, 0.2) is 0 Å². The first-order chi connectivity index (χ1) is 9.81. The van der Waals surface area contributed by atoms with Gasteiger partial charge in [0.25, 0.3) is 0 Å². The van der Waals surface area contributed by atoms with Crippen LogP contribution in [0.15, 0.2) is 30.3 Å². The molecule has 0 bridgehead atoms. The summed E-state index contributed by atoms with van der Waals surface area (Å²) in [7, 11) is 0. The summed E-state index contributed by atoms with van der Waals surface area (Å²) in [4.78, 5) is 22.7. The van der Waals surface area contributed by atoms with Crippen molar-refractivity contribution in [1.29, 1.82) is 0 Å². The van der Waals surface area contributed by atoms with E-state index in [0.717, 1.165) is 12.8 Å². The van der Waals surface area contributed by atoms with Crippen LogP contribution in [0.2, 0.25) is 0 Å². The molecular formula is C16H24N2O3. The van der Waals surface area contributed by atoms with Gasteiger partial charge in [0.1, 0.15) is 0 Å². The Morgan fingerprint density at radius 1 is 1.24 bits per heavy atom. The summed E-state index contributed by atoms with van der Waals surface area (Å²) < 4.78 is 0. The number of rotatable bonds is 7. The van der Waals surface area contributed by atoms with Crippen molar-refractivity contribution in [2.24, 2.45) is 5.41 Å². The first-order valence-electron chi connectivity index (χ1n) is 7.13. The van der Waals surface area contributed by atoms with Crippen LogP contribution >= 0.6 is 0 Å². The zero-order valence-electron chi connectivity index (χ0n) is 12.8. The van der Waals surface area contributed by atoms with E-state index in [4.69, 9.17) is 5.11 Å². The monoisotopic (exact) mass is 292 g/mol. The lowest BCUT2D eigenvalue weighted by Crippen LogP contribution is -2.46. The maximum Gasteiger partial charge on any atom is 0.315 e. The van der Waals surface area contributed by atoms with Crippen molar-refractivity contribution in [1.82, 2.24) is 10.6 Å². The van der Waals surface area contributed by atoms with Crippen molar-refractivity contribution in [3.8, 4) is 0 Å². The molecule has 0 aliphatic heterocycles. The van der Waals surface area contributed by atoms with Crippen LogP contribution in [-0.4, -0.2) is 29.7 Å². The zero-order valence-corrected chi connectivity index (χ0v) is 12.8. The molecule has 5 heteroatoms. The first kappa shape index (κ1) is 17.0. The van der Waals surface area contributed by atoms with Gasteiger partial charge < -0.3 is 15.7 Å². The zero-order chi connectivity index (χ0) is 15.9. The quantitative estimate of drug-likeness (QED) is 0.722. The fraction of sp³-hybridized carbons (Fsp3) is 0.500. The fourth-order valence-corrected chi connectivity index (χ4v) is 1.75. The predicted octanol–water partition coefficient (Wildman–Crippen LogP) is 2.42. The van der Waals surface area contributed by atoms with Crippen molar-refractivity contribution < 1.29 is 14.7 Å². The molecule has 3 N–H and O–H groups in total. The SMILES string of the molecule is CC(CCc1ccccc1)NC(=O)NCC(C)(C)C(=O)O. The minimum absolute atomic E-state index is 0.0261. The Morgan fingerprint density at radius 2 is 1.86 bits per heavy atom. The van der Waals surface area contributed by atoms with E-state index < -0.39 is 11.4 Å². The van der Waals surface area contributed by atoms with Crippen molar-refractivity contribution in [3.63, 3.8) is 0 Å². The van der Waals surface area contributed by atoms with E-state index in [-0.39, 0.29) is 18.6 Å². The number of aryl methyl sites for hydroxylation is 1. The Bertz CT molecular complexity index is 472. The molecule has 0 aliphatic rings. The number of carboxylic acids is 1. The molecule has 21 heavy (non-hydrogen) atoms. The van der Waals surface area contributed by atoms with Crippen molar-refractivity contribution in [3.05, 3.63) is 35.9 Å². The molecule has 116 valence electrons. The van der Waals surface area contributed by atoms with E-state index >= 15 is 0 Å². The summed E-state index contributed by atoms with van der Waals surface area (Å²) in [5.74, 6) is -0.931. The first-order valence-corrected chi connectivity index (χ1v) is 7.13. The minimum atomic E-state index is -0.968. The van der Waals surface area contributed by atoms with E-state index in [9.17, 15) is 9.59 Å². The smallest absolute Gasteiger partial charge is 0.315 e. The Labute approximate surface area is 125 Å². The van der Waals surface area contributed by atoms with Crippen LogP contribution in [0.1, 0.15) is 32.8 Å². The Morgan fingerprint density at radius 3 is 2.43 bits per heavy atom. The van der Waals surface area contributed by atoms with E-state index in [0.29, 0.717) is 0 Å². The minimum Gasteiger partial charge on any atom is -0.481 e. The van der Waals surface area contributed by atoms with Crippen LogP contribution in [0, 0.1) is 5.41 Å². The third-order valence-corrected chi connectivity index (χ3v) is 3.36. The second kappa shape index (κ2) is 7.67. The average Bonchev–Trinajstić information content (AvgIpc) is 2.44. The molecule has 0 saturated carbocycles. The Hall–Kier alpha value is -2.04. The van der Waals surface area contributed by atoms with Gasteiger partial charge in [-0.05, 0) is 39.2 Å². The summed E-state index contributed by atoms with van der Waals surface area (Å²) in [5.41, 5.74) is 0.267. The van der Waals surface area contributed by atoms with Gasteiger partial charge in [0.05, 0.1) is 5.41 Å². The summed E-state index contributed by atoms with van der Waals surface area (Å²) in [6.45, 7) is 5.19. The van der Waals surface area contributed by atoms with Crippen molar-refractivity contribution in [2.45, 2.75) is 39.7 Å². The largest absolute Gasteiger partial charge is 0.481 e. The molecule has 1 rings (SSSR count). The molecular weight excluding hydrogens is 268 g/mol. The lowest BCUT2D eigenvalue weighted by molar-refractivity contribution is -0.146. The van der Waals surface area contributed by atoms with Gasteiger partial charge in [-0.2, -0.15) is 0 Å². The highest BCUT2D eigenvalue weighted by molar-refractivity contribution is 5.77. The van der Waals surface area contributed by atoms with Gasteiger partial charge in [0.2, 0.25) is 0 Å². The number of amides is 2. The highest BCUT2D eigenvalue weighted by Crippen LogP contribution is 2.12. The molecule has 0 saturated heterocycles. The number of carbonyl (C=O) groups is 2. The van der Waals surface area contributed by atoms with Crippen LogP contribution in [0.25, 0.3) is 0 Å². The molecule has 2 amide bonds. The second-order valence-corrected chi connectivity index (χ2v) is 5.94. The van der Waals surface area contributed by atoms with Crippen LogP contribution < -0.4 is 10.6 Å². The van der Waals surface area contributed by atoms with Crippen LogP contribution in [0.4, 0.5) is 4.79 Å². The van der Waals surface area contributed by atoms with Crippen LogP contribution in [0.3, 0.4) is 0 Å². The Balaban J connectivity index is 2.29. The number of carbonyl (C=O) groups excluding carboxylic acids is 1. The lowest BCUT2D eigenvalue weighted by atomic mass is 9.94. The molecule has 1 aromatic carbocycles. The van der Waals surface area contributed by atoms with E-state index in [1.165, 1.54) is 5.56 Å². The summed E-state index contributed by atoms with van der Waals surface area (Å²) >= 11 is 0. The fourth-order valence-electron chi connectivity index (χ4n) is 1.75. The van der Waals surface area contributed by atoms with Gasteiger partial charge in [0, 0.05) is 12.6 Å². The molecule has 0 fully saturated rings. The maximum atomic E-state index is 11.7. The van der Waals surface area contributed by atoms with Gasteiger partial charge >= 0.3 is 12.0 Å². The third kappa shape index (κ3) is 6.29. The number of hydrogen-bond donors (Lipinski definition) is 3. The number of hydrogen-bond acceptors (Lipinski definition) is 2. The summed E-state index contributed by atoms with van der Waals surface area (Å²) in [5, 5.41) is 14.4. The predicted molar refractivity (Wildman–Crippen MR) is 82.2 cm³/mol. The molecule has 1 aromatic rings. The molecule has 5 nitrogen and oxygen atoms in total. The van der Waals surface area contributed by atoms with Gasteiger partial charge in [-0.1, -0.05) is 30.3 Å². The van der Waals surface area contributed by atoms with Crippen molar-refractivity contribution in [2.75, 3.05) is 6.54 Å². The maximum absolute atomic E-state index is 11.7. The summed E-state index contributed by atoms with van der Waals surface area (Å²) in [6, 6.07) is 9.78. The number of nitrogens with one attached hydrogen (secondary N) is 2. The average molecular weight is 292 g/mol. The van der Waals surface area contributed by atoms with E-state index in [2.05, 4.69) is 22.8 Å². The topological polar surface area (TPSA) is 78.4 Å². The van der Waals surface area contributed by atoms with E-state index in [1.54, 1.807) is 13.8 Å². The molecule has 0 aromatic heterocycles. The standard InChI is InChI=1S/C16H24N2O3/c1-12(9-10-13-7-5-4-6-8-13)18-15(21)17-11-16(2,3)14(19)20/h4-8,12H,9-11H2,1-3H3,(H,19,20)(H2,17,18,21). The van der Waals surface area contributed by atoms with E-state index in [1.807, 2.05) is 25.1 Å². The number of aliphatic carboxylic acids is 1. The number of urea groups is 1. The second-order valence-electron chi connectivity index (χ2n) is 5.94. The molecule has 1 unspecified atom stereocenters. The molecule has 0 radical (unpaired) electrons. The highest BCUT2D eigenvalue weighted by atomic mass is 16.4. The third-order valence-electron chi connectivity index (χ3n) is 3.36. The molecule has 1 atom stereocenters. The number of carboxylic acid groups (broad SMARTS) is 1. The van der Waals surface area contributed by atoms with Crippen molar-refractivity contribution >= 4 is 12.0 Å². The lowest BCUT2D eigenvalue weighted by Gasteiger charge is -2.21. The number of benzene rings is 1. The summed E-state index contributed by atoms with van der Waals surface area (Å²) in [6.07, 6.45) is 1.72.